The number of piperidine rings is 1. The van der Waals surface area contributed by atoms with Crippen molar-refractivity contribution in [3.8, 4) is 0 Å². The zero-order valence-electron chi connectivity index (χ0n) is 17.1. The SMILES string of the molecule is CC(C)(C)OC(=O)N(CC1CC1)[C@@H]1CCCN(c2ccc(CC(=O)O)nc2)C1. The number of carbonyl (C=O) groups excluding carboxylic acids is 1. The van der Waals surface area contributed by atoms with Gasteiger partial charge in [-0.05, 0) is 64.5 Å². The Balaban J connectivity index is 1.68. The van der Waals surface area contributed by atoms with Crippen LogP contribution in [0, 0.1) is 5.92 Å². The van der Waals surface area contributed by atoms with Gasteiger partial charge in [0.05, 0.1) is 30.0 Å². The second kappa shape index (κ2) is 8.37. The van der Waals surface area contributed by atoms with E-state index in [-0.39, 0.29) is 18.6 Å². The van der Waals surface area contributed by atoms with E-state index < -0.39 is 11.6 Å². The molecular formula is C21H31N3O4. The highest BCUT2D eigenvalue weighted by Gasteiger charge is 2.35. The standard InChI is InChI=1S/C21H31N3O4/c1-21(2,3)28-20(27)24(13-15-6-7-15)18-5-4-10-23(14-18)17-9-8-16(22-12-17)11-19(25)26/h8-9,12,15,18H,4-7,10-11,13-14H2,1-3H3,(H,25,26)/t18-/m1/s1. The van der Waals surface area contributed by atoms with Crippen LogP contribution < -0.4 is 4.90 Å². The summed E-state index contributed by atoms with van der Waals surface area (Å²) in [6.45, 7) is 8.12. The molecule has 1 aliphatic heterocycles. The molecule has 0 bridgehead atoms. The summed E-state index contributed by atoms with van der Waals surface area (Å²) >= 11 is 0. The normalized spacial score (nSPS) is 20.0. The summed E-state index contributed by atoms with van der Waals surface area (Å²) in [7, 11) is 0. The van der Waals surface area contributed by atoms with Gasteiger partial charge in [-0.25, -0.2) is 4.79 Å². The Bertz CT molecular complexity index is 695. The van der Waals surface area contributed by atoms with E-state index in [4.69, 9.17) is 9.84 Å². The van der Waals surface area contributed by atoms with Gasteiger partial charge in [0.15, 0.2) is 0 Å². The van der Waals surface area contributed by atoms with Crippen LogP contribution in [-0.4, -0.2) is 58.3 Å². The van der Waals surface area contributed by atoms with E-state index in [1.54, 1.807) is 12.3 Å². The number of aromatic nitrogens is 1. The van der Waals surface area contributed by atoms with E-state index in [2.05, 4.69) is 9.88 Å². The number of ether oxygens (including phenoxy) is 1. The third-order valence-corrected chi connectivity index (χ3v) is 5.12. The van der Waals surface area contributed by atoms with Crippen LogP contribution in [0.3, 0.4) is 0 Å². The zero-order valence-corrected chi connectivity index (χ0v) is 17.1. The molecule has 7 nitrogen and oxygen atoms in total. The lowest BCUT2D eigenvalue weighted by Crippen LogP contribution is -2.52. The number of carbonyl (C=O) groups is 2. The molecule has 2 fully saturated rings. The lowest BCUT2D eigenvalue weighted by molar-refractivity contribution is -0.136. The number of carboxylic acids is 1. The molecule has 1 aromatic rings. The zero-order chi connectivity index (χ0) is 20.3. The Morgan fingerprint density at radius 1 is 1.29 bits per heavy atom. The van der Waals surface area contributed by atoms with Crippen molar-refractivity contribution in [3.63, 3.8) is 0 Å². The molecule has 154 valence electrons. The highest BCUT2D eigenvalue weighted by atomic mass is 16.6. The lowest BCUT2D eigenvalue weighted by atomic mass is 10.0. The monoisotopic (exact) mass is 389 g/mol. The first-order valence-corrected chi connectivity index (χ1v) is 10.1. The van der Waals surface area contributed by atoms with E-state index in [9.17, 15) is 9.59 Å². The summed E-state index contributed by atoms with van der Waals surface area (Å²) in [5.74, 6) is -0.286. The van der Waals surface area contributed by atoms with Gasteiger partial charge in [-0.2, -0.15) is 0 Å². The minimum Gasteiger partial charge on any atom is -0.481 e. The fraction of sp³-hybridized carbons (Fsp3) is 0.667. The van der Waals surface area contributed by atoms with E-state index in [0.29, 0.717) is 11.6 Å². The molecule has 1 amide bonds. The van der Waals surface area contributed by atoms with Gasteiger partial charge in [0.1, 0.15) is 5.60 Å². The van der Waals surface area contributed by atoms with Gasteiger partial charge in [-0.1, -0.05) is 0 Å². The molecule has 1 aliphatic carbocycles. The predicted octanol–water partition coefficient (Wildman–Crippen LogP) is 3.32. The van der Waals surface area contributed by atoms with Gasteiger partial charge in [-0.15, -0.1) is 0 Å². The molecular weight excluding hydrogens is 358 g/mol. The molecule has 1 aromatic heterocycles. The number of nitrogens with zero attached hydrogens (tertiary/aromatic N) is 3. The van der Waals surface area contributed by atoms with Gasteiger partial charge in [0, 0.05) is 19.6 Å². The Morgan fingerprint density at radius 2 is 2.04 bits per heavy atom. The van der Waals surface area contributed by atoms with Crippen molar-refractivity contribution in [2.24, 2.45) is 5.92 Å². The fourth-order valence-corrected chi connectivity index (χ4v) is 3.58. The summed E-state index contributed by atoms with van der Waals surface area (Å²) in [6, 6.07) is 3.80. The molecule has 0 aromatic carbocycles. The summed E-state index contributed by atoms with van der Waals surface area (Å²) < 4.78 is 5.68. The van der Waals surface area contributed by atoms with Gasteiger partial charge in [0.2, 0.25) is 0 Å². The van der Waals surface area contributed by atoms with Crippen LogP contribution in [0.25, 0.3) is 0 Å². The van der Waals surface area contributed by atoms with Crippen LogP contribution in [0.15, 0.2) is 18.3 Å². The van der Waals surface area contributed by atoms with Crippen molar-refractivity contribution in [3.05, 3.63) is 24.0 Å². The second-order valence-corrected chi connectivity index (χ2v) is 8.90. The molecule has 1 saturated carbocycles. The third-order valence-electron chi connectivity index (χ3n) is 5.12. The first-order valence-electron chi connectivity index (χ1n) is 10.1. The molecule has 1 atom stereocenters. The van der Waals surface area contributed by atoms with Gasteiger partial charge in [-0.3, -0.25) is 9.78 Å². The molecule has 0 unspecified atom stereocenters. The largest absolute Gasteiger partial charge is 0.481 e. The molecule has 28 heavy (non-hydrogen) atoms. The molecule has 1 N–H and O–H groups in total. The second-order valence-electron chi connectivity index (χ2n) is 8.90. The number of amides is 1. The van der Waals surface area contributed by atoms with Crippen LogP contribution in [0.1, 0.15) is 52.1 Å². The highest BCUT2D eigenvalue weighted by Crippen LogP contribution is 2.32. The van der Waals surface area contributed by atoms with E-state index >= 15 is 0 Å². The van der Waals surface area contributed by atoms with Gasteiger partial charge >= 0.3 is 12.1 Å². The van der Waals surface area contributed by atoms with Gasteiger partial charge in [0.25, 0.3) is 0 Å². The molecule has 0 spiro atoms. The van der Waals surface area contributed by atoms with Crippen molar-refractivity contribution < 1.29 is 19.4 Å². The maximum Gasteiger partial charge on any atom is 0.410 e. The smallest absolute Gasteiger partial charge is 0.410 e. The number of hydrogen-bond donors (Lipinski definition) is 1. The first-order chi connectivity index (χ1) is 13.2. The Hall–Kier alpha value is -2.31. The van der Waals surface area contributed by atoms with Crippen molar-refractivity contribution >= 4 is 17.7 Å². The molecule has 2 aliphatic rings. The minimum atomic E-state index is -0.883. The molecule has 3 rings (SSSR count). The lowest BCUT2D eigenvalue weighted by Gasteiger charge is -2.40. The Morgan fingerprint density at radius 3 is 2.61 bits per heavy atom. The van der Waals surface area contributed by atoms with Crippen LogP contribution in [0.2, 0.25) is 0 Å². The number of rotatable bonds is 6. The average Bonchev–Trinajstić information content (AvgIpc) is 3.42. The quantitative estimate of drug-likeness (QED) is 0.804. The molecule has 1 saturated heterocycles. The van der Waals surface area contributed by atoms with Crippen LogP contribution in [0.4, 0.5) is 10.5 Å². The summed E-state index contributed by atoms with van der Waals surface area (Å²) in [6.07, 6.45) is 5.77. The third kappa shape index (κ3) is 5.84. The highest BCUT2D eigenvalue weighted by molar-refractivity contribution is 5.70. The maximum atomic E-state index is 12.8. The molecule has 2 heterocycles. The first kappa shape index (κ1) is 20.4. The van der Waals surface area contributed by atoms with E-state index in [1.807, 2.05) is 31.7 Å². The number of aliphatic carboxylic acids is 1. The summed E-state index contributed by atoms with van der Waals surface area (Å²) in [5, 5.41) is 8.89. The number of anilines is 1. The molecule has 0 radical (unpaired) electrons. The predicted molar refractivity (Wildman–Crippen MR) is 106 cm³/mol. The summed E-state index contributed by atoms with van der Waals surface area (Å²) in [4.78, 5) is 32.1. The topological polar surface area (TPSA) is 83.0 Å². The van der Waals surface area contributed by atoms with Crippen molar-refractivity contribution in [1.29, 1.82) is 0 Å². The number of carboxylic acid groups (broad SMARTS) is 1. The number of pyridine rings is 1. The van der Waals surface area contributed by atoms with Crippen molar-refractivity contribution in [2.45, 2.75) is 64.5 Å². The van der Waals surface area contributed by atoms with E-state index in [1.165, 1.54) is 12.8 Å². The Labute approximate surface area is 166 Å². The van der Waals surface area contributed by atoms with Crippen molar-refractivity contribution in [1.82, 2.24) is 9.88 Å². The van der Waals surface area contributed by atoms with Crippen LogP contribution in [0.5, 0.6) is 0 Å². The maximum absolute atomic E-state index is 12.8. The molecule has 7 heteroatoms. The van der Waals surface area contributed by atoms with E-state index in [0.717, 1.165) is 38.2 Å². The van der Waals surface area contributed by atoms with Crippen LogP contribution >= 0.6 is 0 Å². The van der Waals surface area contributed by atoms with Crippen molar-refractivity contribution in [2.75, 3.05) is 24.5 Å². The Kier molecular flexibility index (Phi) is 6.10. The van der Waals surface area contributed by atoms with Gasteiger partial charge < -0.3 is 19.6 Å². The average molecular weight is 389 g/mol. The fourth-order valence-electron chi connectivity index (χ4n) is 3.58. The summed E-state index contributed by atoms with van der Waals surface area (Å²) in [5.41, 5.74) is 1.01. The number of hydrogen-bond acceptors (Lipinski definition) is 5. The minimum absolute atomic E-state index is 0.0727. The van der Waals surface area contributed by atoms with Crippen LogP contribution in [-0.2, 0) is 16.0 Å².